The van der Waals surface area contributed by atoms with Gasteiger partial charge in [0.1, 0.15) is 5.82 Å². The minimum atomic E-state index is -0.270. The molecule has 2 aromatic rings. The van der Waals surface area contributed by atoms with Crippen molar-refractivity contribution in [1.29, 1.82) is 0 Å². The highest BCUT2D eigenvalue weighted by molar-refractivity contribution is 5.93. The molecular formula is C24H27FN2O2. The number of rotatable bonds is 4. The van der Waals surface area contributed by atoms with Crippen molar-refractivity contribution in [3.8, 4) is 11.1 Å². The molecule has 4 nitrogen and oxygen atoms in total. The zero-order valence-electron chi connectivity index (χ0n) is 16.6. The molecule has 5 heteroatoms. The van der Waals surface area contributed by atoms with Crippen molar-refractivity contribution >= 4 is 17.5 Å². The third-order valence-electron chi connectivity index (χ3n) is 6.12. The highest BCUT2D eigenvalue weighted by Gasteiger charge is 2.32. The number of carbonyl (C=O) groups excluding carboxylic acids is 2. The van der Waals surface area contributed by atoms with Crippen molar-refractivity contribution in [2.24, 2.45) is 11.8 Å². The van der Waals surface area contributed by atoms with E-state index in [-0.39, 0.29) is 29.5 Å². The van der Waals surface area contributed by atoms with Gasteiger partial charge in [-0.15, -0.1) is 0 Å². The Morgan fingerprint density at radius 3 is 2.34 bits per heavy atom. The van der Waals surface area contributed by atoms with E-state index in [1.807, 2.05) is 35.2 Å². The van der Waals surface area contributed by atoms with Crippen molar-refractivity contribution in [2.75, 3.05) is 18.4 Å². The molecule has 1 heterocycles. The van der Waals surface area contributed by atoms with E-state index in [0.717, 1.165) is 61.9 Å². The number of halogens is 1. The smallest absolute Gasteiger partial charge is 0.229 e. The summed E-state index contributed by atoms with van der Waals surface area (Å²) in [4.78, 5) is 27.3. The summed E-state index contributed by atoms with van der Waals surface area (Å²) in [5.74, 6) is -0.0788. The average Bonchev–Trinajstić information content (AvgIpc) is 3.29. The molecule has 1 saturated heterocycles. The van der Waals surface area contributed by atoms with Crippen LogP contribution >= 0.6 is 0 Å². The standard InChI is InChI=1S/C24H27FN2O2/c25-21-9-3-7-19(15-21)17-10-12-22(13-11-17)26-23(28)20-8-4-14-27(16-20)24(29)18-5-1-2-6-18/h3,7,9-13,15,18,20H,1-2,4-6,8,14,16H2,(H,26,28). The summed E-state index contributed by atoms with van der Waals surface area (Å²) >= 11 is 0. The highest BCUT2D eigenvalue weighted by atomic mass is 19.1. The Bertz CT molecular complexity index is 875. The molecule has 152 valence electrons. The molecule has 2 aromatic carbocycles. The molecule has 0 aromatic heterocycles. The Morgan fingerprint density at radius 2 is 1.62 bits per heavy atom. The molecule has 1 N–H and O–H groups in total. The molecule has 1 aliphatic carbocycles. The number of anilines is 1. The van der Waals surface area contributed by atoms with Gasteiger partial charge >= 0.3 is 0 Å². The van der Waals surface area contributed by atoms with Gasteiger partial charge in [-0.25, -0.2) is 4.39 Å². The van der Waals surface area contributed by atoms with Gasteiger partial charge in [-0.2, -0.15) is 0 Å². The first-order valence-corrected chi connectivity index (χ1v) is 10.6. The molecule has 4 rings (SSSR count). The SMILES string of the molecule is O=C(Nc1ccc(-c2cccc(F)c2)cc1)C1CCCN(C(=O)C2CCCC2)C1. The summed E-state index contributed by atoms with van der Waals surface area (Å²) in [5, 5.41) is 2.98. The van der Waals surface area contributed by atoms with Gasteiger partial charge < -0.3 is 10.2 Å². The molecule has 0 bridgehead atoms. The molecule has 2 aliphatic rings. The van der Waals surface area contributed by atoms with Gasteiger partial charge in [0.25, 0.3) is 0 Å². The maximum absolute atomic E-state index is 13.4. The number of nitrogens with zero attached hydrogens (tertiary/aromatic N) is 1. The number of hydrogen-bond donors (Lipinski definition) is 1. The van der Waals surface area contributed by atoms with Crippen LogP contribution in [-0.4, -0.2) is 29.8 Å². The fraction of sp³-hybridized carbons (Fsp3) is 0.417. The molecular weight excluding hydrogens is 367 g/mol. The van der Waals surface area contributed by atoms with Crippen molar-refractivity contribution < 1.29 is 14.0 Å². The van der Waals surface area contributed by atoms with Crippen LogP contribution in [0.1, 0.15) is 38.5 Å². The minimum Gasteiger partial charge on any atom is -0.342 e. The molecule has 1 saturated carbocycles. The van der Waals surface area contributed by atoms with Gasteiger partial charge in [-0.1, -0.05) is 37.1 Å². The van der Waals surface area contributed by atoms with E-state index < -0.39 is 0 Å². The van der Waals surface area contributed by atoms with E-state index in [9.17, 15) is 14.0 Å². The van der Waals surface area contributed by atoms with Crippen LogP contribution in [0.5, 0.6) is 0 Å². The second-order valence-corrected chi connectivity index (χ2v) is 8.18. The zero-order valence-corrected chi connectivity index (χ0v) is 16.6. The lowest BCUT2D eigenvalue weighted by atomic mass is 9.95. The number of likely N-dealkylation sites (tertiary alicyclic amines) is 1. The van der Waals surface area contributed by atoms with Crippen LogP contribution in [-0.2, 0) is 9.59 Å². The lowest BCUT2D eigenvalue weighted by Crippen LogP contribution is -2.45. The normalized spacial score (nSPS) is 19.9. The fourth-order valence-corrected chi connectivity index (χ4v) is 4.48. The Balaban J connectivity index is 1.36. The van der Waals surface area contributed by atoms with Crippen LogP contribution in [0, 0.1) is 17.7 Å². The van der Waals surface area contributed by atoms with Crippen molar-refractivity contribution in [3.05, 3.63) is 54.3 Å². The fourth-order valence-electron chi connectivity index (χ4n) is 4.48. The molecule has 0 spiro atoms. The summed E-state index contributed by atoms with van der Waals surface area (Å²) < 4.78 is 13.4. The summed E-state index contributed by atoms with van der Waals surface area (Å²) in [6, 6.07) is 13.9. The zero-order chi connectivity index (χ0) is 20.2. The van der Waals surface area contributed by atoms with Gasteiger partial charge in [-0.3, -0.25) is 9.59 Å². The Hall–Kier alpha value is -2.69. The molecule has 2 amide bonds. The van der Waals surface area contributed by atoms with Crippen LogP contribution in [0.25, 0.3) is 11.1 Å². The van der Waals surface area contributed by atoms with Crippen molar-refractivity contribution in [1.82, 2.24) is 4.90 Å². The van der Waals surface area contributed by atoms with E-state index >= 15 is 0 Å². The molecule has 29 heavy (non-hydrogen) atoms. The van der Waals surface area contributed by atoms with Gasteiger partial charge in [0.05, 0.1) is 5.92 Å². The second-order valence-electron chi connectivity index (χ2n) is 8.18. The summed E-state index contributed by atoms with van der Waals surface area (Å²) in [6.07, 6.45) is 5.93. The second kappa shape index (κ2) is 8.76. The third kappa shape index (κ3) is 4.66. The van der Waals surface area contributed by atoms with E-state index in [1.54, 1.807) is 6.07 Å². The first-order valence-electron chi connectivity index (χ1n) is 10.6. The number of piperidine rings is 1. The molecule has 1 unspecified atom stereocenters. The van der Waals surface area contributed by atoms with Gasteiger partial charge in [0.15, 0.2) is 0 Å². The summed E-state index contributed by atoms with van der Waals surface area (Å²) in [5.41, 5.74) is 2.42. The molecule has 1 atom stereocenters. The van der Waals surface area contributed by atoms with Gasteiger partial charge in [-0.05, 0) is 61.1 Å². The number of hydrogen-bond acceptors (Lipinski definition) is 2. The van der Waals surface area contributed by atoms with Crippen LogP contribution in [0.3, 0.4) is 0 Å². The Morgan fingerprint density at radius 1 is 0.897 bits per heavy atom. The van der Waals surface area contributed by atoms with Crippen LogP contribution in [0.4, 0.5) is 10.1 Å². The topological polar surface area (TPSA) is 49.4 Å². The van der Waals surface area contributed by atoms with Crippen molar-refractivity contribution in [2.45, 2.75) is 38.5 Å². The Kier molecular flexibility index (Phi) is 5.93. The minimum absolute atomic E-state index is 0.0348. The van der Waals surface area contributed by atoms with Crippen LogP contribution in [0.2, 0.25) is 0 Å². The molecule has 0 radical (unpaired) electrons. The Labute approximate surface area is 171 Å². The quantitative estimate of drug-likeness (QED) is 0.805. The maximum Gasteiger partial charge on any atom is 0.229 e. The van der Waals surface area contributed by atoms with Crippen molar-refractivity contribution in [3.63, 3.8) is 0 Å². The molecule has 1 aliphatic heterocycles. The van der Waals surface area contributed by atoms with E-state index in [0.29, 0.717) is 6.54 Å². The lowest BCUT2D eigenvalue weighted by Gasteiger charge is -2.33. The highest BCUT2D eigenvalue weighted by Crippen LogP contribution is 2.29. The molecule has 2 fully saturated rings. The third-order valence-corrected chi connectivity index (χ3v) is 6.12. The van der Waals surface area contributed by atoms with Gasteiger partial charge in [0, 0.05) is 24.7 Å². The monoisotopic (exact) mass is 394 g/mol. The lowest BCUT2D eigenvalue weighted by molar-refractivity contribution is -0.138. The maximum atomic E-state index is 13.4. The van der Waals surface area contributed by atoms with Crippen LogP contribution < -0.4 is 5.32 Å². The number of amides is 2. The number of nitrogens with one attached hydrogen (secondary N) is 1. The van der Waals surface area contributed by atoms with E-state index in [1.165, 1.54) is 12.1 Å². The van der Waals surface area contributed by atoms with E-state index in [4.69, 9.17) is 0 Å². The summed E-state index contributed by atoms with van der Waals surface area (Å²) in [7, 11) is 0. The summed E-state index contributed by atoms with van der Waals surface area (Å²) in [6.45, 7) is 1.28. The average molecular weight is 394 g/mol. The first kappa shape index (κ1) is 19.6. The van der Waals surface area contributed by atoms with Gasteiger partial charge in [0.2, 0.25) is 11.8 Å². The number of carbonyl (C=O) groups is 2. The largest absolute Gasteiger partial charge is 0.342 e. The van der Waals surface area contributed by atoms with Crippen LogP contribution in [0.15, 0.2) is 48.5 Å². The predicted octanol–water partition coefficient (Wildman–Crippen LogP) is 4.86. The first-order chi connectivity index (χ1) is 14.1. The number of benzene rings is 2. The van der Waals surface area contributed by atoms with E-state index in [2.05, 4.69) is 5.32 Å². The predicted molar refractivity (Wildman–Crippen MR) is 112 cm³/mol.